The smallest absolute Gasteiger partial charge is 0.312 e. The molecule has 22 heavy (non-hydrogen) atoms. The number of rotatable bonds is 3. The molecule has 1 aliphatic heterocycles. The Bertz CT molecular complexity index is 533. The number of carbonyl (C=O) groups excluding carboxylic acids is 3. The highest BCUT2D eigenvalue weighted by Gasteiger charge is 2.29. The van der Waals surface area contributed by atoms with Gasteiger partial charge in [-0.25, -0.2) is 0 Å². The molecule has 1 aromatic rings. The summed E-state index contributed by atoms with van der Waals surface area (Å²) < 4.78 is 5.08. The monoisotopic (exact) mass is 307 g/mol. The van der Waals surface area contributed by atoms with E-state index >= 15 is 0 Å². The van der Waals surface area contributed by atoms with Gasteiger partial charge in [0.15, 0.2) is 5.76 Å². The molecule has 2 heterocycles. The van der Waals surface area contributed by atoms with Gasteiger partial charge in [-0.15, -0.1) is 0 Å². The van der Waals surface area contributed by atoms with Crippen LogP contribution < -0.4 is 5.32 Å². The Hall–Kier alpha value is -2.31. The van der Waals surface area contributed by atoms with E-state index in [9.17, 15) is 14.4 Å². The molecular weight excluding hydrogens is 286 g/mol. The van der Waals surface area contributed by atoms with Crippen LogP contribution in [0.15, 0.2) is 22.8 Å². The molecule has 120 valence electrons. The number of hydrogen-bond donors (Lipinski definition) is 1. The normalized spacial score (nSPS) is 16.3. The fourth-order valence-corrected chi connectivity index (χ4v) is 2.20. The van der Waals surface area contributed by atoms with Gasteiger partial charge in [-0.2, -0.15) is 0 Å². The van der Waals surface area contributed by atoms with Crippen LogP contribution in [0, 0.1) is 0 Å². The van der Waals surface area contributed by atoms with Gasteiger partial charge in [-0.1, -0.05) is 6.92 Å². The van der Waals surface area contributed by atoms with Crippen molar-refractivity contribution in [3.63, 3.8) is 0 Å². The van der Waals surface area contributed by atoms with Gasteiger partial charge in [-0.05, 0) is 25.5 Å². The molecule has 0 bridgehead atoms. The predicted octanol–water partition coefficient (Wildman–Crippen LogP) is 0.479. The fourth-order valence-electron chi connectivity index (χ4n) is 2.20. The molecule has 1 aromatic heterocycles. The topological polar surface area (TPSA) is 82.9 Å². The van der Waals surface area contributed by atoms with Gasteiger partial charge in [0.25, 0.3) is 5.91 Å². The van der Waals surface area contributed by atoms with Crippen molar-refractivity contribution in [1.29, 1.82) is 0 Å². The molecule has 1 aliphatic rings. The average molecular weight is 307 g/mol. The highest BCUT2D eigenvalue weighted by molar-refractivity contribution is 6.35. The van der Waals surface area contributed by atoms with E-state index in [1.165, 1.54) is 11.2 Å². The Labute approximate surface area is 129 Å². The van der Waals surface area contributed by atoms with Gasteiger partial charge in [0.2, 0.25) is 0 Å². The molecule has 1 fully saturated rings. The average Bonchev–Trinajstić information content (AvgIpc) is 3.07. The fraction of sp³-hybridized carbons (Fsp3) is 0.533. The second kappa shape index (κ2) is 7.11. The summed E-state index contributed by atoms with van der Waals surface area (Å²) in [5, 5.41) is 2.66. The lowest BCUT2D eigenvalue weighted by atomic mass is 10.2. The van der Waals surface area contributed by atoms with E-state index in [2.05, 4.69) is 5.32 Å². The largest absolute Gasteiger partial charge is 0.459 e. The van der Waals surface area contributed by atoms with Crippen LogP contribution in [0.5, 0.6) is 0 Å². The number of piperazine rings is 1. The third-order valence-corrected chi connectivity index (χ3v) is 3.77. The van der Waals surface area contributed by atoms with Gasteiger partial charge in [0.05, 0.1) is 6.26 Å². The quantitative estimate of drug-likeness (QED) is 0.823. The molecular formula is C15H21N3O4. The minimum atomic E-state index is -0.583. The minimum Gasteiger partial charge on any atom is -0.459 e. The molecule has 3 amide bonds. The molecule has 1 unspecified atom stereocenters. The summed E-state index contributed by atoms with van der Waals surface area (Å²) in [6.45, 7) is 5.27. The third-order valence-electron chi connectivity index (χ3n) is 3.77. The minimum absolute atomic E-state index is 0.0294. The third kappa shape index (κ3) is 3.66. The zero-order chi connectivity index (χ0) is 16.1. The van der Waals surface area contributed by atoms with Gasteiger partial charge < -0.3 is 19.5 Å². The van der Waals surface area contributed by atoms with E-state index in [0.29, 0.717) is 26.2 Å². The maximum atomic E-state index is 12.1. The molecule has 2 rings (SSSR count). The lowest BCUT2D eigenvalue weighted by Crippen LogP contribution is -2.54. The number of nitrogens with one attached hydrogen (secondary N) is 1. The zero-order valence-corrected chi connectivity index (χ0v) is 12.9. The van der Waals surface area contributed by atoms with E-state index in [-0.39, 0.29) is 17.7 Å². The van der Waals surface area contributed by atoms with Crippen LogP contribution in [0.4, 0.5) is 0 Å². The Balaban J connectivity index is 1.85. The molecule has 0 aliphatic carbocycles. The van der Waals surface area contributed by atoms with Crippen LogP contribution >= 0.6 is 0 Å². The predicted molar refractivity (Wildman–Crippen MR) is 79.1 cm³/mol. The lowest BCUT2D eigenvalue weighted by molar-refractivity contribution is -0.147. The summed E-state index contributed by atoms with van der Waals surface area (Å²) >= 11 is 0. The second-order valence-electron chi connectivity index (χ2n) is 5.34. The Morgan fingerprint density at radius 1 is 1.23 bits per heavy atom. The molecule has 1 saturated heterocycles. The molecule has 0 spiro atoms. The van der Waals surface area contributed by atoms with E-state index in [1.807, 2.05) is 13.8 Å². The molecule has 0 saturated carbocycles. The highest BCUT2D eigenvalue weighted by Crippen LogP contribution is 2.09. The Morgan fingerprint density at radius 2 is 1.86 bits per heavy atom. The van der Waals surface area contributed by atoms with Crippen molar-refractivity contribution >= 4 is 17.7 Å². The van der Waals surface area contributed by atoms with E-state index in [0.717, 1.165) is 6.42 Å². The maximum absolute atomic E-state index is 12.1. The molecule has 1 atom stereocenters. The second-order valence-corrected chi connectivity index (χ2v) is 5.34. The maximum Gasteiger partial charge on any atom is 0.312 e. The first kappa shape index (κ1) is 16.1. The van der Waals surface area contributed by atoms with Crippen LogP contribution in [0.3, 0.4) is 0 Å². The van der Waals surface area contributed by atoms with Crippen LogP contribution in [0.1, 0.15) is 30.8 Å². The summed E-state index contributed by atoms with van der Waals surface area (Å²) in [6, 6.07) is 3.24. The van der Waals surface area contributed by atoms with Gasteiger partial charge in [-0.3, -0.25) is 14.4 Å². The van der Waals surface area contributed by atoms with Crippen LogP contribution in [-0.2, 0) is 9.59 Å². The first-order chi connectivity index (χ1) is 10.5. The van der Waals surface area contributed by atoms with Crippen molar-refractivity contribution in [2.45, 2.75) is 26.3 Å². The van der Waals surface area contributed by atoms with Gasteiger partial charge in [0.1, 0.15) is 0 Å². The highest BCUT2D eigenvalue weighted by atomic mass is 16.3. The van der Waals surface area contributed by atoms with Crippen molar-refractivity contribution in [3.8, 4) is 0 Å². The van der Waals surface area contributed by atoms with E-state index < -0.39 is 11.8 Å². The molecule has 0 aromatic carbocycles. The number of furan rings is 1. The number of amides is 3. The van der Waals surface area contributed by atoms with Crippen molar-refractivity contribution in [2.75, 3.05) is 26.2 Å². The molecule has 0 radical (unpaired) electrons. The summed E-state index contributed by atoms with van der Waals surface area (Å²) in [5.41, 5.74) is 0. The lowest BCUT2D eigenvalue weighted by Gasteiger charge is -2.34. The Kier molecular flexibility index (Phi) is 5.19. The molecule has 7 nitrogen and oxygen atoms in total. The van der Waals surface area contributed by atoms with Crippen LogP contribution in [0.25, 0.3) is 0 Å². The Morgan fingerprint density at radius 3 is 2.41 bits per heavy atom. The molecule has 7 heteroatoms. The molecule has 1 N–H and O–H groups in total. The first-order valence-electron chi connectivity index (χ1n) is 7.45. The zero-order valence-electron chi connectivity index (χ0n) is 12.9. The van der Waals surface area contributed by atoms with Gasteiger partial charge in [0, 0.05) is 32.2 Å². The van der Waals surface area contributed by atoms with Crippen molar-refractivity contribution < 1.29 is 18.8 Å². The summed E-state index contributed by atoms with van der Waals surface area (Å²) in [4.78, 5) is 39.1. The summed E-state index contributed by atoms with van der Waals surface area (Å²) in [6.07, 6.45) is 2.22. The van der Waals surface area contributed by atoms with Crippen molar-refractivity contribution in [1.82, 2.24) is 15.1 Å². The van der Waals surface area contributed by atoms with Crippen molar-refractivity contribution in [2.24, 2.45) is 0 Å². The summed E-state index contributed by atoms with van der Waals surface area (Å²) in [7, 11) is 0. The summed E-state index contributed by atoms with van der Waals surface area (Å²) in [5.74, 6) is -1.03. The standard InChI is InChI=1S/C15H21N3O4/c1-3-11(2)16-13(19)15(21)18-8-6-17(7-9-18)14(20)12-5-4-10-22-12/h4-5,10-11H,3,6-9H2,1-2H3,(H,16,19). The number of nitrogens with zero attached hydrogens (tertiary/aromatic N) is 2. The van der Waals surface area contributed by atoms with Crippen molar-refractivity contribution in [3.05, 3.63) is 24.2 Å². The number of hydrogen-bond acceptors (Lipinski definition) is 4. The van der Waals surface area contributed by atoms with E-state index in [1.54, 1.807) is 17.0 Å². The van der Waals surface area contributed by atoms with Gasteiger partial charge >= 0.3 is 11.8 Å². The van der Waals surface area contributed by atoms with Crippen LogP contribution in [-0.4, -0.2) is 59.7 Å². The first-order valence-corrected chi connectivity index (χ1v) is 7.45. The number of carbonyl (C=O) groups is 3. The SMILES string of the molecule is CCC(C)NC(=O)C(=O)N1CCN(C(=O)c2ccco2)CC1. The van der Waals surface area contributed by atoms with E-state index in [4.69, 9.17) is 4.42 Å². The van der Waals surface area contributed by atoms with Crippen LogP contribution in [0.2, 0.25) is 0 Å².